The molecule has 0 saturated heterocycles. The Morgan fingerprint density at radius 1 is 1.10 bits per heavy atom. The second kappa shape index (κ2) is 4.37. The number of nitrogens with two attached hydrogens (primary N) is 1. The normalized spacial score (nSPS) is 19.9. The van der Waals surface area contributed by atoms with Crippen molar-refractivity contribution in [1.29, 1.82) is 0 Å². The van der Waals surface area contributed by atoms with Crippen LogP contribution in [-0.4, -0.2) is 17.0 Å². The van der Waals surface area contributed by atoms with Gasteiger partial charge < -0.3 is 10.6 Å². The van der Waals surface area contributed by atoms with Gasteiger partial charge in [-0.25, -0.2) is 0 Å². The van der Waals surface area contributed by atoms with Gasteiger partial charge in [-0.05, 0) is 58.7 Å². The summed E-state index contributed by atoms with van der Waals surface area (Å²) in [4.78, 5) is 14.1. The van der Waals surface area contributed by atoms with Crippen LogP contribution >= 0.6 is 0 Å². The molecule has 0 fully saturated rings. The van der Waals surface area contributed by atoms with Gasteiger partial charge in [0.25, 0.3) is 0 Å². The van der Waals surface area contributed by atoms with Gasteiger partial charge in [0.1, 0.15) is 0 Å². The monoisotopic (exact) mass is 272 g/mol. The van der Waals surface area contributed by atoms with E-state index in [-0.39, 0.29) is 11.4 Å². The van der Waals surface area contributed by atoms with E-state index in [2.05, 4.69) is 64.6 Å². The fourth-order valence-electron chi connectivity index (χ4n) is 3.53. The zero-order valence-electron chi connectivity index (χ0n) is 13.2. The highest BCUT2D eigenvalue weighted by atomic mass is 16.1. The van der Waals surface area contributed by atoms with E-state index in [1.165, 1.54) is 16.8 Å². The van der Waals surface area contributed by atoms with Crippen LogP contribution in [0.2, 0.25) is 0 Å². The number of benzene rings is 1. The Kier molecular flexibility index (Phi) is 3.20. The van der Waals surface area contributed by atoms with E-state index in [4.69, 9.17) is 5.73 Å². The number of aryl methyl sites for hydroxylation is 2. The summed E-state index contributed by atoms with van der Waals surface area (Å²) in [5.41, 5.74) is 9.22. The number of rotatable bonds is 2. The van der Waals surface area contributed by atoms with E-state index in [0.29, 0.717) is 5.57 Å². The van der Waals surface area contributed by atoms with Gasteiger partial charge in [0.2, 0.25) is 5.91 Å². The molecule has 1 aliphatic heterocycles. The Balaban J connectivity index is 2.67. The van der Waals surface area contributed by atoms with E-state index < -0.39 is 5.54 Å². The van der Waals surface area contributed by atoms with E-state index in [9.17, 15) is 4.79 Å². The van der Waals surface area contributed by atoms with Crippen LogP contribution < -0.4 is 10.6 Å². The fraction of sp³-hybridized carbons (Fsp3) is 0.471. The first-order chi connectivity index (χ1) is 9.09. The molecule has 1 aliphatic rings. The molecule has 20 heavy (non-hydrogen) atoms. The molecular weight excluding hydrogens is 248 g/mol. The molecule has 0 atom stereocenters. The number of nitrogens with zero attached hydrogens (tertiary/aromatic N) is 1. The molecule has 1 aromatic carbocycles. The Labute approximate surface area is 121 Å². The summed E-state index contributed by atoms with van der Waals surface area (Å²) in [6, 6.07) is 6.28. The third kappa shape index (κ3) is 2.01. The van der Waals surface area contributed by atoms with Crippen LogP contribution in [0.3, 0.4) is 0 Å². The first kappa shape index (κ1) is 14.6. The zero-order chi connectivity index (χ0) is 15.3. The predicted octanol–water partition coefficient (Wildman–Crippen LogP) is 3.09. The maximum absolute atomic E-state index is 11.8. The lowest BCUT2D eigenvalue weighted by Gasteiger charge is -2.45. The first-order valence-electron chi connectivity index (χ1n) is 6.98. The maximum Gasteiger partial charge on any atom is 0.246 e. The average molecular weight is 272 g/mol. The number of para-hydroxylation sites is 1. The van der Waals surface area contributed by atoms with Gasteiger partial charge in [-0.1, -0.05) is 18.2 Å². The lowest BCUT2D eigenvalue weighted by Crippen LogP contribution is -2.52. The molecule has 1 aromatic rings. The molecule has 1 amide bonds. The highest BCUT2D eigenvalue weighted by molar-refractivity contribution is 5.97. The van der Waals surface area contributed by atoms with Crippen molar-refractivity contribution in [2.24, 2.45) is 5.73 Å². The minimum absolute atomic E-state index is 0.245. The van der Waals surface area contributed by atoms with Crippen LogP contribution in [0.1, 0.15) is 38.8 Å². The van der Waals surface area contributed by atoms with Crippen LogP contribution in [0, 0.1) is 13.8 Å². The summed E-state index contributed by atoms with van der Waals surface area (Å²) < 4.78 is 0. The van der Waals surface area contributed by atoms with Gasteiger partial charge in [0.05, 0.1) is 11.1 Å². The highest BCUT2D eigenvalue weighted by Gasteiger charge is 2.48. The molecule has 0 spiro atoms. The van der Waals surface area contributed by atoms with Crippen molar-refractivity contribution in [3.63, 3.8) is 0 Å². The van der Waals surface area contributed by atoms with Gasteiger partial charge in [0.15, 0.2) is 0 Å². The van der Waals surface area contributed by atoms with Gasteiger partial charge in [0, 0.05) is 11.3 Å². The zero-order valence-corrected chi connectivity index (χ0v) is 13.2. The maximum atomic E-state index is 11.8. The molecule has 0 unspecified atom stereocenters. The van der Waals surface area contributed by atoms with Crippen LogP contribution in [0.15, 0.2) is 29.8 Å². The Hall–Kier alpha value is -1.77. The molecule has 2 rings (SSSR count). The average Bonchev–Trinajstić information content (AvgIpc) is 2.48. The van der Waals surface area contributed by atoms with Crippen molar-refractivity contribution < 1.29 is 4.79 Å². The quantitative estimate of drug-likeness (QED) is 0.899. The van der Waals surface area contributed by atoms with E-state index in [0.717, 1.165) is 0 Å². The Morgan fingerprint density at radius 3 is 2.00 bits per heavy atom. The summed E-state index contributed by atoms with van der Waals surface area (Å²) in [5.74, 6) is -0.336. The number of anilines is 1. The standard InChI is InChI=1S/C17H24N2O/c1-11-8-7-9-12(2)14(11)19-16(3,4)10-13(15(18)20)17(19,5)6/h7-10H,1-6H3,(H2,18,20). The molecule has 0 bridgehead atoms. The summed E-state index contributed by atoms with van der Waals surface area (Å²) in [6.45, 7) is 12.6. The van der Waals surface area contributed by atoms with Gasteiger partial charge in [-0.15, -0.1) is 0 Å². The topological polar surface area (TPSA) is 46.3 Å². The molecule has 0 aliphatic carbocycles. The van der Waals surface area contributed by atoms with E-state index in [1.807, 2.05) is 6.08 Å². The summed E-state index contributed by atoms with van der Waals surface area (Å²) in [7, 11) is 0. The molecule has 108 valence electrons. The third-order valence-electron chi connectivity index (χ3n) is 4.22. The number of carbonyl (C=O) groups excluding carboxylic acids is 1. The molecule has 0 radical (unpaired) electrons. The number of hydrogen-bond donors (Lipinski definition) is 1. The molecule has 0 aromatic heterocycles. The van der Waals surface area contributed by atoms with Crippen LogP contribution in [-0.2, 0) is 4.79 Å². The summed E-state index contributed by atoms with van der Waals surface area (Å²) in [6.07, 6.45) is 2.00. The molecule has 1 heterocycles. The molecule has 3 heteroatoms. The van der Waals surface area contributed by atoms with Crippen LogP contribution in [0.25, 0.3) is 0 Å². The summed E-state index contributed by atoms with van der Waals surface area (Å²) in [5, 5.41) is 0. The number of amides is 1. The SMILES string of the molecule is Cc1cccc(C)c1N1C(C)(C)C=C(C(N)=O)C1(C)C. The third-order valence-corrected chi connectivity index (χ3v) is 4.22. The lowest BCUT2D eigenvalue weighted by molar-refractivity contribution is -0.115. The molecule has 3 nitrogen and oxygen atoms in total. The van der Waals surface area contributed by atoms with Crippen LogP contribution in [0.5, 0.6) is 0 Å². The second-order valence-electron chi connectivity index (χ2n) is 6.71. The Morgan fingerprint density at radius 2 is 1.60 bits per heavy atom. The minimum Gasteiger partial charge on any atom is -0.366 e. The first-order valence-corrected chi connectivity index (χ1v) is 6.98. The van der Waals surface area contributed by atoms with Crippen molar-refractivity contribution >= 4 is 11.6 Å². The van der Waals surface area contributed by atoms with Crippen molar-refractivity contribution in [3.05, 3.63) is 41.0 Å². The van der Waals surface area contributed by atoms with Crippen molar-refractivity contribution in [2.45, 2.75) is 52.6 Å². The summed E-state index contributed by atoms with van der Waals surface area (Å²) >= 11 is 0. The predicted molar refractivity (Wildman–Crippen MR) is 83.8 cm³/mol. The lowest BCUT2D eigenvalue weighted by atomic mass is 9.92. The number of primary amides is 1. The van der Waals surface area contributed by atoms with Crippen molar-refractivity contribution in [2.75, 3.05) is 4.90 Å². The van der Waals surface area contributed by atoms with E-state index in [1.54, 1.807) is 0 Å². The fourth-order valence-corrected chi connectivity index (χ4v) is 3.53. The molecule has 2 N–H and O–H groups in total. The smallest absolute Gasteiger partial charge is 0.246 e. The second-order valence-corrected chi connectivity index (χ2v) is 6.71. The van der Waals surface area contributed by atoms with Gasteiger partial charge >= 0.3 is 0 Å². The van der Waals surface area contributed by atoms with E-state index >= 15 is 0 Å². The van der Waals surface area contributed by atoms with Crippen molar-refractivity contribution in [1.82, 2.24) is 0 Å². The van der Waals surface area contributed by atoms with Crippen LogP contribution in [0.4, 0.5) is 5.69 Å². The van der Waals surface area contributed by atoms with Crippen molar-refractivity contribution in [3.8, 4) is 0 Å². The molecular formula is C17H24N2O. The largest absolute Gasteiger partial charge is 0.366 e. The molecule has 0 saturated carbocycles. The number of carbonyl (C=O) groups is 1. The van der Waals surface area contributed by atoms with Gasteiger partial charge in [-0.2, -0.15) is 0 Å². The minimum atomic E-state index is -0.411. The van der Waals surface area contributed by atoms with Gasteiger partial charge in [-0.3, -0.25) is 4.79 Å². The highest BCUT2D eigenvalue weighted by Crippen LogP contribution is 2.45. The Bertz CT molecular complexity index is 577. The number of hydrogen-bond acceptors (Lipinski definition) is 2.